The SMILES string of the molecule is C[Si](C)(/C=C/C#N)OC1COS(=O)(=O)C1. The van der Waals surface area contributed by atoms with Gasteiger partial charge >= 0.3 is 0 Å². The van der Waals surface area contributed by atoms with E-state index in [1.165, 1.54) is 6.08 Å². The number of hydrogen-bond acceptors (Lipinski definition) is 5. The molecule has 1 fully saturated rings. The average Bonchev–Trinajstić information content (AvgIpc) is 2.41. The lowest BCUT2D eigenvalue weighted by atomic mass is 10.5. The second-order valence-electron chi connectivity index (χ2n) is 3.81. The molecule has 0 aliphatic carbocycles. The maximum atomic E-state index is 11.0. The summed E-state index contributed by atoms with van der Waals surface area (Å²) in [5, 5.41) is 8.38. The molecule has 84 valence electrons. The number of hydrogen-bond donors (Lipinski definition) is 0. The van der Waals surface area contributed by atoms with Crippen LogP contribution in [0.1, 0.15) is 0 Å². The molecule has 1 aliphatic heterocycles. The van der Waals surface area contributed by atoms with Gasteiger partial charge in [-0.2, -0.15) is 13.7 Å². The van der Waals surface area contributed by atoms with Gasteiger partial charge in [0.25, 0.3) is 10.1 Å². The van der Waals surface area contributed by atoms with Gasteiger partial charge in [-0.05, 0) is 13.1 Å². The maximum Gasteiger partial charge on any atom is 0.270 e. The zero-order valence-electron chi connectivity index (χ0n) is 8.63. The first-order chi connectivity index (χ1) is 6.85. The van der Waals surface area contributed by atoms with Gasteiger partial charge in [0.05, 0.1) is 18.8 Å². The lowest BCUT2D eigenvalue weighted by Gasteiger charge is -2.21. The second-order valence-corrected chi connectivity index (χ2v) is 9.27. The van der Waals surface area contributed by atoms with Crippen LogP contribution >= 0.6 is 0 Å². The molecule has 1 rings (SSSR count). The Kier molecular flexibility index (Phi) is 3.67. The molecule has 1 aliphatic rings. The Morgan fingerprint density at radius 3 is 2.73 bits per heavy atom. The van der Waals surface area contributed by atoms with Gasteiger partial charge in [0.15, 0.2) is 0 Å². The molecule has 0 N–H and O–H groups in total. The summed E-state index contributed by atoms with van der Waals surface area (Å²) in [4.78, 5) is 0. The topological polar surface area (TPSA) is 76.4 Å². The number of nitriles is 1. The van der Waals surface area contributed by atoms with Crippen LogP contribution in [-0.4, -0.2) is 35.2 Å². The molecule has 15 heavy (non-hydrogen) atoms. The highest BCUT2D eigenvalue weighted by Gasteiger charge is 2.34. The van der Waals surface area contributed by atoms with Gasteiger partial charge in [0.2, 0.25) is 8.32 Å². The summed E-state index contributed by atoms with van der Waals surface area (Å²) < 4.78 is 32.2. The predicted molar refractivity (Wildman–Crippen MR) is 56.8 cm³/mol. The first kappa shape index (κ1) is 12.4. The first-order valence-corrected chi connectivity index (χ1v) is 9.03. The lowest BCUT2D eigenvalue weighted by Crippen LogP contribution is -2.35. The van der Waals surface area contributed by atoms with E-state index in [1.807, 2.05) is 19.2 Å². The van der Waals surface area contributed by atoms with Crippen molar-refractivity contribution in [3.8, 4) is 6.07 Å². The average molecular weight is 247 g/mol. The van der Waals surface area contributed by atoms with Gasteiger partial charge in [0.1, 0.15) is 5.75 Å². The molecule has 0 radical (unpaired) electrons. The number of rotatable bonds is 3. The summed E-state index contributed by atoms with van der Waals surface area (Å²) in [6, 6.07) is 1.89. The van der Waals surface area contributed by atoms with Crippen LogP contribution in [0, 0.1) is 11.3 Å². The van der Waals surface area contributed by atoms with Gasteiger partial charge in [-0.3, -0.25) is 4.18 Å². The van der Waals surface area contributed by atoms with E-state index in [4.69, 9.17) is 9.69 Å². The monoisotopic (exact) mass is 247 g/mol. The highest BCUT2D eigenvalue weighted by atomic mass is 32.2. The Morgan fingerprint density at radius 1 is 1.60 bits per heavy atom. The fourth-order valence-corrected chi connectivity index (χ4v) is 4.04. The largest absolute Gasteiger partial charge is 0.407 e. The molecule has 0 spiro atoms. The third kappa shape index (κ3) is 4.13. The fourth-order valence-electron chi connectivity index (χ4n) is 1.28. The normalized spacial score (nSPS) is 25.5. The zero-order chi connectivity index (χ0) is 11.5. The molecule has 1 heterocycles. The van der Waals surface area contributed by atoms with Crippen molar-refractivity contribution >= 4 is 18.4 Å². The van der Waals surface area contributed by atoms with Gasteiger partial charge in [-0.25, -0.2) is 0 Å². The van der Waals surface area contributed by atoms with Gasteiger partial charge in [-0.15, -0.1) is 0 Å². The molecule has 0 aromatic rings. The molecule has 0 saturated carbocycles. The smallest absolute Gasteiger partial charge is 0.270 e. The Bertz CT molecular complexity index is 395. The lowest BCUT2D eigenvalue weighted by molar-refractivity contribution is 0.175. The van der Waals surface area contributed by atoms with Crippen LogP contribution in [-0.2, 0) is 18.7 Å². The van der Waals surface area contributed by atoms with E-state index in [9.17, 15) is 8.42 Å². The van der Waals surface area contributed by atoms with Gasteiger partial charge < -0.3 is 4.43 Å². The minimum Gasteiger partial charge on any atom is -0.407 e. The van der Waals surface area contributed by atoms with Gasteiger partial charge in [0, 0.05) is 6.08 Å². The standard InChI is InChI=1S/C8H13NO4SSi/c1-15(2,5-3-4-9)13-8-6-12-14(10,11)7-8/h3,5,8H,6-7H2,1-2H3/b5-3+. The molecule has 1 saturated heterocycles. The van der Waals surface area contributed by atoms with Crippen LogP contribution in [0.4, 0.5) is 0 Å². The number of allylic oxidation sites excluding steroid dienone is 1. The minimum atomic E-state index is -3.38. The fraction of sp³-hybridized carbons (Fsp3) is 0.625. The highest BCUT2D eigenvalue weighted by Crippen LogP contribution is 2.17. The van der Waals surface area contributed by atoms with E-state index >= 15 is 0 Å². The summed E-state index contributed by atoms with van der Waals surface area (Å²) in [5.41, 5.74) is 1.72. The van der Waals surface area contributed by atoms with E-state index in [2.05, 4.69) is 4.18 Å². The van der Waals surface area contributed by atoms with Crippen LogP contribution in [0.5, 0.6) is 0 Å². The molecule has 1 atom stereocenters. The Hall–Kier alpha value is -0.683. The molecule has 0 aromatic heterocycles. The zero-order valence-corrected chi connectivity index (χ0v) is 10.5. The summed E-state index contributed by atoms with van der Waals surface area (Å²) in [5.74, 6) is -0.0934. The summed E-state index contributed by atoms with van der Waals surface area (Å²) in [7, 11) is -5.48. The summed E-state index contributed by atoms with van der Waals surface area (Å²) in [6.45, 7) is 3.87. The maximum absolute atomic E-state index is 11.0. The van der Waals surface area contributed by atoms with E-state index < -0.39 is 24.5 Å². The van der Waals surface area contributed by atoms with E-state index in [1.54, 1.807) is 5.70 Å². The number of nitrogens with zero attached hydrogens (tertiary/aromatic N) is 1. The van der Waals surface area contributed by atoms with Crippen molar-refractivity contribution < 1.29 is 17.0 Å². The Balaban J connectivity index is 2.57. The van der Waals surface area contributed by atoms with Crippen LogP contribution in [0.3, 0.4) is 0 Å². The molecule has 7 heteroatoms. The van der Waals surface area contributed by atoms with Gasteiger partial charge in [-0.1, -0.05) is 5.70 Å². The van der Waals surface area contributed by atoms with Crippen molar-refractivity contribution in [2.75, 3.05) is 12.4 Å². The summed E-state index contributed by atoms with van der Waals surface area (Å²) in [6.07, 6.45) is 0.969. The Morgan fingerprint density at radius 2 is 2.27 bits per heavy atom. The third-order valence-corrected chi connectivity index (χ3v) is 5.04. The molecule has 0 bridgehead atoms. The summed E-state index contributed by atoms with van der Waals surface area (Å²) >= 11 is 0. The first-order valence-electron chi connectivity index (χ1n) is 4.47. The van der Waals surface area contributed by atoms with E-state index in [0.29, 0.717) is 0 Å². The molecule has 5 nitrogen and oxygen atoms in total. The molecule has 0 amide bonds. The van der Waals surface area contributed by atoms with Crippen LogP contribution in [0.25, 0.3) is 0 Å². The van der Waals surface area contributed by atoms with E-state index in [0.717, 1.165) is 0 Å². The molecular weight excluding hydrogens is 234 g/mol. The van der Waals surface area contributed by atoms with Crippen molar-refractivity contribution in [3.63, 3.8) is 0 Å². The molecule has 0 aromatic carbocycles. The predicted octanol–water partition coefficient (Wildman–Crippen LogP) is 0.556. The van der Waals surface area contributed by atoms with Crippen molar-refractivity contribution in [2.45, 2.75) is 19.2 Å². The van der Waals surface area contributed by atoms with Crippen molar-refractivity contribution in [2.24, 2.45) is 0 Å². The second kappa shape index (κ2) is 4.45. The Labute approximate surface area is 90.6 Å². The van der Waals surface area contributed by atoms with Crippen molar-refractivity contribution in [1.29, 1.82) is 5.26 Å². The van der Waals surface area contributed by atoms with Crippen LogP contribution in [0.15, 0.2) is 11.8 Å². The third-order valence-electron chi connectivity index (χ3n) is 1.85. The highest BCUT2D eigenvalue weighted by molar-refractivity contribution is 7.87. The molecular formula is C8H13NO4SSi. The van der Waals surface area contributed by atoms with E-state index in [-0.39, 0.29) is 12.4 Å². The van der Waals surface area contributed by atoms with Crippen LogP contribution in [0.2, 0.25) is 13.1 Å². The molecule has 1 unspecified atom stereocenters. The quantitative estimate of drug-likeness (QED) is 0.413. The minimum absolute atomic E-state index is 0.0825. The van der Waals surface area contributed by atoms with Crippen molar-refractivity contribution in [1.82, 2.24) is 0 Å². The van der Waals surface area contributed by atoms with Crippen LogP contribution < -0.4 is 0 Å². The van der Waals surface area contributed by atoms with Crippen molar-refractivity contribution in [3.05, 3.63) is 11.8 Å².